The van der Waals surface area contributed by atoms with E-state index in [1.807, 2.05) is 6.92 Å². The van der Waals surface area contributed by atoms with Crippen molar-refractivity contribution in [3.05, 3.63) is 17.0 Å². The summed E-state index contributed by atoms with van der Waals surface area (Å²) in [5.41, 5.74) is 3.15. The van der Waals surface area contributed by atoms with Crippen molar-refractivity contribution in [3.63, 3.8) is 0 Å². The van der Waals surface area contributed by atoms with Crippen molar-refractivity contribution >= 4 is 5.97 Å². The van der Waals surface area contributed by atoms with Crippen LogP contribution in [0.2, 0.25) is 0 Å². The van der Waals surface area contributed by atoms with Crippen molar-refractivity contribution in [2.24, 2.45) is 17.3 Å². The Balaban J connectivity index is 1.91. The summed E-state index contributed by atoms with van der Waals surface area (Å²) in [6.45, 7) is 6.85. The van der Waals surface area contributed by atoms with E-state index >= 15 is 0 Å². The molecule has 17 heavy (non-hydrogen) atoms. The number of hydrogen-bond donors (Lipinski definition) is 1. The van der Waals surface area contributed by atoms with Crippen LogP contribution in [-0.4, -0.2) is 22.8 Å². The van der Waals surface area contributed by atoms with Gasteiger partial charge >= 0.3 is 5.97 Å². The van der Waals surface area contributed by atoms with Crippen LogP contribution in [0.5, 0.6) is 0 Å². The average Bonchev–Trinajstić information content (AvgIpc) is 2.67. The number of rotatable bonds is 2. The lowest BCUT2D eigenvalue weighted by atomic mass is 9.87. The van der Waals surface area contributed by atoms with Gasteiger partial charge in [-0.3, -0.25) is 5.10 Å². The Labute approximate surface area is 101 Å². The van der Waals surface area contributed by atoms with Crippen LogP contribution in [-0.2, 0) is 17.6 Å². The van der Waals surface area contributed by atoms with E-state index in [-0.39, 0.29) is 5.97 Å². The van der Waals surface area contributed by atoms with E-state index in [9.17, 15) is 4.79 Å². The van der Waals surface area contributed by atoms with Crippen LogP contribution in [0, 0.1) is 17.3 Å². The number of esters is 1. The van der Waals surface area contributed by atoms with E-state index in [2.05, 4.69) is 24.0 Å². The van der Waals surface area contributed by atoms with E-state index in [1.54, 1.807) is 0 Å². The number of H-pyrrole nitrogens is 1. The van der Waals surface area contributed by atoms with Gasteiger partial charge in [0, 0.05) is 11.3 Å². The molecule has 4 heteroatoms. The minimum Gasteiger partial charge on any atom is -0.461 e. The summed E-state index contributed by atoms with van der Waals surface area (Å²) in [4.78, 5) is 11.8. The molecule has 1 fully saturated rings. The van der Waals surface area contributed by atoms with E-state index in [0.29, 0.717) is 23.6 Å². The lowest BCUT2D eigenvalue weighted by Crippen LogP contribution is -2.15. The highest BCUT2D eigenvalue weighted by Crippen LogP contribution is 2.64. The van der Waals surface area contributed by atoms with Crippen molar-refractivity contribution in [1.82, 2.24) is 10.2 Å². The fraction of sp³-hybridized carbons (Fsp3) is 0.692. The van der Waals surface area contributed by atoms with E-state index < -0.39 is 0 Å². The zero-order valence-corrected chi connectivity index (χ0v) is 10.5. The van der Waals surface area contributed by atoms with Crippen molar-refractivity contribution in [2.45, 2.75) is 33.6 Å². The van der Waals surface area contributed by atoms with E-state index in [4.69, 9.17) is 4.74 Å². The summed E-state index contributed by atoms with van der Waals surface area (Å²) < 4.78 is 5.03. The molecule has 92 valence electrons. The minimum atomic E-state index is -0.290. The van der Waals surface area contributed by atoms with Gasteiger partial charge in [-0.05, 0) is 37.0 Å². The smallest absolute Gasteiger partial charge is 0.359 e. The highest BCUT2D eigenvalue weighted by atomic mass is 16.5. The number of fused-ring (bicyclic) bond motifs is 2. The predicted molar refractivity (Wildman–Crippen MR) is 62.7 cm³/mol. The van der Waals surface area contributed by atoms with Gasteiger partial charge in [0.25, 0.3) is 0 Å². The number of nitrogens with one attached hydrogen (secondary N) is 1. The molecule has 1 heterocycles. The van der Waals surface area contributed by atoms with Crippen LogP contribution in [0.1, 0.15) is 42.5 Å². The molecule has 3 rings (SSSR count). The van der Waals surface area contributed by atoms with Crippen LogP contribution in [0.15, 0.2) is 0 Å². The van der Waals surface area contributed by atoms with Gasteiger partial charge in [0.05, 0.1) is 6.61 Å². The standard InChI is InChI=1S/C13H18N2O2/c1-4-17-12(16)11-8-5-9-7(2)13(9,3)6-10(8)14-15-11/h7,9H,4-6H2,1-3H3,(H,14,15)/t7-,9+,13-/m0/s1. The molecule has 2 aliphatic carbocycles. The van der Waals surface area contributed by atoms with Gasteiger partial charge in [0.2, 0.25) is 0 Å². The largest absolute Gasteiger partial charge is 0.461 e. The third-order valence-corrected chi connectivity index (χ3v) is 4.78. The second kappa shape index (κ2) is 3.34. The SMILES string of the molecule is CCOC(=O)c1n[nH]c2c1C[C@@H]1[C@H](C)[C@]1(C)C2. The Morgan fingerprint density at radius 1 is 1.65 bits per heavy atom. The lowest BCUT2D eigenvalue weighted by molar-refractivity contribution is 0.0518. The molecule has 1 aromatic heterocycles. The maximum atomic E-state index is 11.8. The fourth-order valence-electron chi connectivity index (χ4n) is 3.35. The normalized spacial score (nSPS) is 33.8. The molecule has 4 nitrogen and oxygen atoms in total. The first-order chi connectivity index (χ1) is 8.08. The molecule has 3 atom stereocenters. The average molecular weight is 234 g/mol. The van der Waals surface area contributed by atoms with Crippen LogP contribution in [0.25, 0.3) is 0 Å². The highest BCUT2D eigenvalue weighted by molar-refractivity contribution is 5.89. The molecule has 0 bridgehead atoms. The van der Waals surface area contributed by atoms with Gasteiger partial charge in [0.15, 0.2) is 5.69 Å². The Morgan fingerprint density at radius 2 is 2.41 bits per heavy atom. The molecule has 0 radical (unpaired) electrons. The van der Waals surface area contributed by atoms with Crippen LogP contribution >= 0.6 is 0 Å². The van der Waals surface area contributed by atoms with E-state index in [1.165, 1.54) is 0 Å². The van der Waals surface area contributed by atoms with Gasteiger partial charge in [-0.2, -0.15) is 5.10 Å². The molecule has 1 aromatic rings. The van der Waals surface area contributed by atoms with E-state index in [0.717, 1.165) is 30.0 Å². The number of carbonyl (C=O) groups excluding carboxylic acids is 1. The molecular formula is C13H18N2O2. The summed E-state index contributed by atoms with van der Waals surface area (Å²) in [6.07, 6.45) is 1.98. The zero-order chi connectivity index (χ0) is 12.2. The Kier molecular flexibility index (Phi) is 2.12. The van der Waals surface area contributed by atoms with Gasteiger partial charge in [-0.1, -0.05) is 13.8 Å². The Hall–Kier alpha value is -1.32. The second-order valence-electron chi connectivity index (χ2n) is 5.53. The number of aromatic nitrogens is 2. The number of aromatic amines is 1. The van der Waals surface area contributed by atoms with Crippen molar-refractivity contribution in [1.29, 1.82) is 0 Å². The number of nitrogens with zero attached hydrogens (tertiary/aromatic N) is 1. The summed E-state index contributed by atoms with van der Waals surface area (Å²) in [6, 6.07) is 0. The molecule has 0 saturated heterocycles. The maximum Gasteiger partial charge on any atom is 0.359 e. The van der Waals surface area contributed by atoms with Crippen LogP contribution in [0.4, 0.5) is 0 Å². The number of carbonyl (C=O) groups is 1. The number of hydrogen-bond acceptors (Lipinski definition) is 3. The fourth-order valence-corrected chi connectivity index (χ4v) is 3.35. The first kappa shape index (κ1) is 10.8. The highest BCUT2D eigenvalue weighted by Gasteiger charge is 2.60. The molecule has 1 N–H and O–H groups in total. The van der Waals surface area contributed by atoms with Crippen molar-refractivity contribution in [3.8, 4) is 0 Å². The van der Waals surface area contributed by atoms with Gasteiger partial charge < -0.3 is 4.74 Å². The number of ether oxygens (including phenoxy) is 1. The first-order valence-electron chi connectivity index (χ1n) is 6.31. The minimum absolute atomic E-state index is 0.290. The molecule has 2 aliphatic rings. The zero-order valence-electron chi connectivity index (χ0n) is 10.5. The Morgan fingerprint density at radius 3 is 3.12 bits per heavy atom. The maximum absolute atomic E-state index is 11.8. The van der Waals surface area contributed by atoms with Crippen LogP contribution < -0.4 is 0 Å². The Bertz CT molecular complexity index is 480. The van der Waals surface area contributed by atoms with Crippen LogP contribution in [0.3, 0.4) is 0 Å². The summed E-state index contributed by atoms with van der Waals surface area (Å²) in [5.74, 6) is 1.17. The molecule has 0 spiro atoms. The van der Waals surface area contributed by atoms with Gasteiger partial charge in [0.1, 0.15) is 0 Å². The topological polar surface area (TPSA) is 55.0 Å². The first-order valence-corrected chi connectivity index (χ1v) is 6.31. The predicted octanol–water partition coefficient (Wildman–Crippen LogP) is 1.96. The molecule has 0 aliphatic heterocycles. The lowest BCUT2D eigenvalue weighted by Gasteiger charge is -2.17. The summed E-state index contributed by atoms with van der Waals surface area (Å²) >= 11 is 0. The molecule has 0 aromatic carbocycles. The summed E-state index contributed by atoms with van der Waals surface area (Å²) in [5, 5.41) is 7.15. The van der Waals surface area contributed by atoms with Crippen molar-refractivity contribution in [2.75, 3.05) is 6.61 Å². The summed E-state index contributed by atoms with van der Waals surface area (Å²) in [7, 11) is 0. The third kappa shape index (κ3) is 1.36. The third-order valence-electron chi connectivity index (χ3n) is 4.78. The molecule has 0 unspecified atom stereocenters. The molecule has 1 saturated carbocycles. The monoisotopic (exact) mass is 234 g/mol. The quantitative estimate of drug-likeness (QED) is 0.796. The van der Waals surface area contributed by atoms with Crippen molar-refractivity contribution < 1.29 is 9.53 Å². The molecule has 0 amide bonds. The molecular weight excluding hydrogens is 216 g/mol. The second-order valence-corrected chi connectivity index (χ2v) is 5.53. The van der Waals surface area contributed by atoms with Gasteiger partial charge in [-0.25, -0.2) is 4.79 Å². The van der Waals surface area contributed by atoms with Gasteiger partial charge in [-0.15, -0.1) is 0 Å².